The van der Waals surface area contributed by atoms with Crippen molar-refractivity contribution in [2.75, 3.05) is 4.90 Å². The molecular formula is C24H16ClN3O6. The number of hydrogen-bond acceptors (Lipinski definition) is 6. The number of nitro groups is 1. The van der Waals surface area contributed by atoms with Gasteiger partial charge >= 0.3 is 6.03 Å². The summed E-state index contributed by atoms with van der Waals surface area (Å²) in [4.78, 5) is 49.1. The average Bonchev–Trinajstić information content (AvgIpc) is 2.82. The number of halogens is 1. The Labute approximate surface area is 198 Å². The van der Waals surface area contributed by atoms with E-state index < -0.39 is 22.8 Å². The number of urea groups is 1. The molecule has 1 heterocycles. The van der Waals surface area contributed by atoms with Crippen LogP contribution in [-0.4, -0.2) is 22.8 Å². The summed E-state index contributed by atoms with van der Waals surface area (Å²) in [6.45, 7) is 0.0740. The standard InChI is InChI=1S/C24H16ClN3O6/c25-17-8-11-21(34-14-15-6-9-19(10-7-15)28(32)33)16(12-17)13-20-22(29)26-24(31)27(23(20)30)18-4-2-1-3-5-18/h1-13H,14H2,(H,26,29,31)/b20-13+. The van der Waals surface area contributed by atoms with Crippen molar-refractivity contribution in [3.63, 3.8) is 0 Å². The van der Waals surface area contributed by atoms with Crippen LogP contribution in [0.3, 0.4) is 0 Å². The van der Waals surface area contributed by atoms with Crippen molar-refractivity contribution in [1.82, 2.24) is 5.32 Å². The Balaban J connectivity index is 1.63. The van der Waals surface area contributed by atoms with E-state index in [1.807, 2.05) is 0 Å². The van der Waals surface area contributed by atoms with Crippen LogP contribution in [0.2, 0.25) is 5.02 Å². The van der Waals surface area contributed by atoms with Crippen LogP contribution in [-0.2, 0) is 16.2 Å². The molecule has 0 aromatic heterocycles. The van der Waals surface area contributed by atoms with Gasteiger partial charge in [0.15, 0.2) is 0 Å². The largest absolute Gasteiger partial charge is 0.488 e. The molecule has 0 bridgehead atoms. The van der Waals surface area contributed by atoms with Crippen LogP contribution in [0, 0.1) is 10.1 Å². The Bertz CT molecular complexity index is 1320. The highest BCUT2D eigenvalue weighted by Gasteiger charge is 2.36. The smallest absolute Gasteiger partial charge is 0.335 e. The summed E-state index contributed by atoms with van der Waals surface area (Å²) in [5.74, 6) is -1.32. The zero-order valence-electron chi connectivity index (χ0n) is 17.4. The summed E-state index contributed by atoms with van der Waals surface area (Å²) in [6, 6.07) is 17.9. The fourth-order valence-corrected chi connectivity index (χ4v) is 3.44. The number of barbiturate groups is 1. The summed E-state index contributed by atoms with van der Waals surface area (Å²) in [5, 5.41) is 13.3. The number of carbonyl (C=O) groups excluding carboxylic acids is 3. The van der Waals surface area contributed by atoms with Crippen molar-refractivity contribution in [1.29, 1.82) is 0 Å². The molecular weight excluding hydrogens is 462 g/mol. The third-order valence-corrected chi connectivity index (χ3v) is 5.16. The molecule has 0 radical (unpaired) electrons. The second-order valence-corrected chi connectivity index (χ2v) is 7.62. The van der Waals surface area contributed by atoms with Gasteiger partial charge in [-0.25, -0.2) is 9.69 Å². The van der Waals surface area contributed by atoms with Crippen molar-refractivity contribution in [3.8, 4) is 5.75 Å². The summed E-state index contributed by atoms with van der Waals surface area (Å²) in [7, 11) is 0. The highest BCUT2D eigenvalue weighted by Crippen LogP contribution is 2.28. The minimum Gasteiger partial charge on any atom is -0.488 e. The SMILES string of the molecule is O=C1NC(=O)N(c2ccccc2)C(=O)/C1=C/c1cc(Cl)ccc1OCc1ccc([N+](=O)[O-])cc1. The molecule has 0 aliphatic carbocycles. The minimum absolute atomic E-state index is 0.0417. The second-order valence-electron chi connectivity index (χ2n) is 7.19. The molecule has 1 N–H and O–H groups in total. The molecule has 3 aromatic carbocycles. The Hall–Kier alpha value is -4.50. The first-order valence-corrected chi connectivity index (χ1v) is 10.3. The van der Waals surface area contributed by atoms with E-state index in [1.54, 1.807) is 54.6 Å². The third-order valence-electron chi connectivity index (χ3n) is 4.93. The maximum atomic E-state index is 13.1. The molecule has 34 heavy (non-hydrogen) atoms. The Morgan fingerprint density at radius 1 is 1.00 bits per heavy atom. The highest BCUT2D eigenvalue weighted by molar-refractivity contribution is 6.39. The quantitative estimate of drug-likeness (QED) is 0.242. The van der Waals surface area contributed by atoms with Gasteiger partial charge in [0.1, 0.15) is 17.9 Å². The normalized spacial score (nSPS) is 14.8. The Morgan fingerprint density at radius 2 is 1.71 bits per heavy atom. The van der Waals surface area contributed by atoms with Crippen molar-refractivity contribution < 1.29 is 24.0 Å². The van der Waals surface area contributed by atoms with E-state index in [2.05, 4.69) is 5.32 Å². The zero-order chi connectivity index (χ0) is 24.2. The molecule has 10 heteroatoms. The molecule has 3 aromatic rings. The number of nitro benzene ring substituents is 1. The number of hydrogen-bond donors (Lipinski definition) is 1. The number of nitrogens with zero attached hydrogens (tertiary/aromatic N) is 2. The van der Waals surface area contributed by atoms with Gasteiger partial charge in [-0.1, -0.05) is 29.8 Å². The van der Waals surface area contributed by atoms with E-state index in [0.717, 1.165) is 4.90 Å². The van der Waals surface area contributed by atoms with E-state index in [0.29, 0.717) is 27.6 Å². The van der Waals surface area contributed by atoms with E-state index in [1.165, 1.54) is 24.3 Å². The van der Waals surface area contributed by atoms with Gasteiger partial charge in [0.25, 0.3) is 17.5 Å². The average molecular weight is 478 g/mol. The van der Waals surface area contributed by atoms with Gasteiger partial charge in [-0.05, 0) is 54.1 Å². The molecule has 170 valence electrons. The van der Waals surface area contributed by atoms with Crippen molar-refractivity contribution >= 4 is 46.9 Å². The van der Waals surface area contributed by atoms with E-state index in [4.69, 9.17) is 16.3 Å². The number of carbonyl (C=O) groups is 3. The first kappa shape index (κ1) is 22.7. The molecule has 0 spiro atoms. The van der Waals surface area contributed by atoms with E-state index in [-0.39, 0.29) is 17.9 Å². The first-order chi connectivity index (χ1) is 16.3. The van der Waals surface area contributed by atoms with Gasteiger partial charge in [0, 0.05) is 22.7 Å². The number of anilines is 1. The van der Waals surface area contributed by atoms with E-state index in [9.17, 15) is 24.5 Å². The number of non-ortho nitro benzene ring substituents is 1. The number of nitrogens with one attached hydrogen (secondary N) is 1. The fourth-order valence-electron chi connectivity index (χ4n) is 3.26. The molecule has 1 saturated heterocycles. The lowest BCUT2D eigenvalue weighted by molar-refractivity contribution is -0.384. The maximum absolute atomic E-state index is 13.1. The molecule has 0 saturated carbocycles. The molecule has 4 rings (SSSR count). The summed E-state index contributed by atoms with van der Waals surface area (Å²) < 4.78 is 5.83. The fraction of sp³-hybridized carbons (Fsp3) is 0.0417. The highest BCUT2D eigenvalue weighted by atomic mass is 35.5. The maximum Gasteiger partial charge on any atom is 0.335 e. The predicted molar refractivity (Wildman–Crippen MR) is 124 cm³/mol. The molecule has 0 atom stereocenters. The molecule has 1 aliphatic heterocycles. The van der Waals surface area contributed by atoms with Crippen LogP contribution < -0.4 is 15.0 Å². The molecule has 4 amide bonds. The zero-order valence-corrected chi connectivity index (χ0v) is 18.2. The number of ether oxygens (including phenoxy) is 1. The van der Waals surface area contributed by atoms with Gasteiger partial charge in [-0.2, -0.15) is 0 Å². The van der Waals surface area contributed by atoms with Gasteiger partial charge in [0.05, 0.1) is 10.6 Å². The number of amides is 4. The van der Waals surface area contributed by atoms with Crippen LogP contribution in [0.5, 0.6) is 5.75 Å². The molecule has 1 aliphatic rings. The lowest BCUT2D eigenvalue weighted by Gasteiger charge is -2.26. The molecule has 0 unspecified atom stereocenters. The van der Waals surface area contributed by atoms with Crippen LogP contribution in [0.4, 0.5) is 16.2 Å². The lowest BCUT2D eigenvalue weighted by Crippen LogP contribution is -2.54. The second kappa shape index (κ2) is 9.55. The van der Waals surface area contributed by atoms with E-state index >= 15 is 0 Å². The predicted octanol–water partition coefficient (Wildman–Crippen LogP) is 4.49. The third kappa shape index (κ3) is 4.79. The Kier molecular flexibility index (Phi) is 6.37. The van der Waals surface area contributed by atoms with Crippen LogP contribution in [0.1, 0.15) is 11.1 Å². The number of benzene rings is 3. The Morgan fingerprint density at radius 3 is 2.38 bits per heavy atom. The van der Waals surface area contributed by atoms with Crippen LogP contribution >= 0.6 is 11.6 Å². The summed E-state index contributed by atoms with van der Waals surface area (Å²) in [5.41, 5.74) is 1.01. The van der Waals surface area contributed by atoms with Gasteiger partial charge < -0.3 is 4.74 Å². The molecule has 1 fully saturated rings. The van der Waals surface area contributed by atoms with Gasteiger partial charge in [-0.3, -0.25) is 25.0 Å². The lowest BCUT2D eigenvalue weighted by atomic mass is 10.1. The minimum atomic E-state index is -0.848. The number of para-hydroxylation sites is 1. The van der Waals surface area contributed by atoms with Crippen LogP contribution in [0.15, 0.2) is 78.4 Å². The van der Waals surface area contributed by atoms with Gasteiger partial charge in [0.2, 0.25) is 0 Å². The topological polar surface area (TPSA) is 119 Å². The first-order valence-electron chi connectivity index (χ1n) is 9.95. The van der Waals surface area contributed by atoms with Gasteiger partial charge in [-0.15, -0.1) is 0 Å². The summed E-state index contributed by atoms with van der Waals surface area (Å²) >= 11 is 6.12. The monoisotopic (exact) mass is 477 g/mol. The number of rotatable bonds is 6. The van der Waals surface area contributed by atoms with Crippen molar-refractivity contribution in [2.24, 2.45) is 0 Å². The molecule has 9 nitrogen and oxygen atoms in total. The summed E-state index contributed by atoms with van der Waals surface area (Å²) in [6.07, 6.45) is 1.30. The van der Waals surface area contributed by atoms with Crippen LogP contribution in [0.25, 0.3) is 6.08 Å². The van der Waals surface area contributed by atoms with Crippen molar-refractivity contribution in [3.05, 3.63) is 105 Å². The van der Waals surface area contributed by atoms with Crippen molar-refractivity contribution in [2.45, 2.75) is 6.61 Å². The number of imide groups is 2.